The molecule has 1 aromatic carbocycles. The van der Waals surface area contributed by atoms with E-state index in [0.717, 1.165) is 12.5 Å². The molecule has 1 aromatic rings. The van der Waals surface area contributed by atoms with Crippen LogP contribution in [-0.4, -0.2) is 12.6 Å². The van der Waals surface area contributed by atoms with E-state index in [4.69, 9.17) is 4.74 Å². The zero-order valence-corrected chi connectivity index (χ0v) is 9.27. The average molecular weight is 229 g/mol. The molecule has 16 heavy (non-hydrogen) atoms. The van der Waals surface area contributed by atoms with Crippen molar-refractivity contribution in [2.45, 2.75) is 32.3 Å². The topological polar surface area (TPSA) is 9.23 Å². The largest absolute Gasteiger partial charge is 0.509 e. The van der Waals surface area contributed by atoms with Crippen LogP contribution in [0.5, 0.6) is 5.75 Å². The van der Waals surface area contributed by atoms with Gasteiger partial charge in [0, 0.05) is 0 Å². The molecule has 0 saturated heterocycles. The molecule has 0 amide bonds. The van der Waals surface area contributed by atoms with Crippen LogP contribution in [0.1, 0.15) is 25.8 Å². The highest BCUT2D eigenvalue weighted by molar-refractivity contribution is 6.73. The molecule has 1 nitrogen and oxygen atoms in total. The van der Waals surface area contributed by atoms with Crippen LogP contribution in [0.4, 0.5) is 12.9 Å². The van der Waals surface area contributed by atoms with Gasteiger partial charge in [0.2, 0.25) is 0 Å². The maximum atomic E-state index is 12.5. The molecule has 1 aliphatic rings. The number of benzene rings is 1. The van der Waals surface area contributed by atoms with Crippen molar-refractivity contribution in [2.24, 2.45) is 0 Å². The fourth-order valence-corrected chi connectivity index (χ4v) is 1.88. The zero-order chi connectivity index (χ0) is 12.0. The van der Waals surface area contributed by atoms with E-state index in [2.05, 4.69) is 0 Å². The van der Waals surface area contributed by atoms with E-state index in [9.17, 15) is 12.9 Å². The van der Waals surface area contributed by atoms with Gasteiger partial charge in [-0.25, -0.2) is 0 Å². The van der Waals surface area contributed by atoms with E-state index in [-0.39, 0.29) is 5.60 Å². The first-order valence-electron chi connectivity index (χ1n) is 5.30. The number of hydrogen-bond acceptors (Lipinski definition) is 1. The van der Waals surface area contributed by atoms with Gasteiger partial charge in [0.25, 0.3) is 0 Å². The van der Waals surface area contributed by atoms with Crippen LogP contribution >= 0.6 is 0 Å². The predicted octanol–water partition coefficient (Wildman–Crippen LogP) is 2.84. The number of hydrogen-bond donors (Lipinski definition) is 0. The Morgan fingerprint density at radius 1 is 1.25 bits per heavy atom. The lowest BCUT2D eigenvalue weighted by atomic mass is 9.78. The second kappa shape index (κ2) is 3.44. The van der Waals surface area contributed by atoms with Crippen LogP contribution < -0.4 is 10.2 Å². The number of ether oxygens (including phenoxy) is 1. The van der Waals surface area contributed by atoms with Gasteiger partial charge in [-0.1, -0.05) is 12.1 Å². The van der Waals surface area contributed by atoms with Crippen molar-refractivity contribution < 1.29 is 17.7 Å². The molecule has 0 spiro atoms. The summed E-state index contributed by atoms with van der Waals surface area (Å²) in [5, 5.41) is 0. The minimum atomic E-state index is -4.91. The van der Waals surface area contributed by atoms with E-state index < -0.39 is 12.4 Å². The van der Waals surface area contributed by atoms with E-state index in [1.807, 2.05) is 13.8 Å². The molecule has 0 N–H and O–H groups in total. The van der Waals surface area contributed by atoms with Gasteiger partial charge in [-0.05, 0) is 38.3 Å². The zero-order valence-electron chi connectivity index (χ0n) is 9.27. The van der Waals surface area contributed by atoms with Gasteiger partial charge in [0.1, 0.15) is 11.4 Å². The lowest BCUT2D eigenvalue weighted by molar-refractivity contribution is 0.0847. The first-order valence-corrected chi connectivity index (χ1v) is 5.30. The minimum Gasteiger partial charge on any atom is -0.488 e. The molecule has 2 rings (SSSR count). The molecule has 0 fully saturated rings. The lowest BCUT2D eigenvalue weighted by Gasteiger charge is -2.33. The Labute approximate surface area is 92.7 Å². The monoisotopic (exact) mass is 229 g/mol. The molecule has 0 aliphatic carbocycles. The second-order valence-corrected chi connectivity index (χ2v) is 4.80. The highest BCUT2D eigenvalue weighted by Gasteiger charge is 2.30. The number of fused-ring (bicyclic) bond motifs is 1. The summed E-state index contributed by atoms with van der Waals surface area (Å²) >= 11 is 0. The number of halogens is 3. The third kappa shape index (κ3) is 2.18. The lowest BCUT2D eigenvalue weighted by Crippen LogP contribution is -2.37. The highest BCUT2D eigenvalue weighted by atomic mass is 19.4. The summed E-state index contributed by atoms with van der Waals surface area (Å²) in [7, 11) is 0. The molecular weight excluding hydrogens is 216 g/mol. The van der Waals surface area contributed by atoms with Crippen molar-refractivity contribution in [3.63, 3.8) is 0 Å². The first-order chi connectivity index (χ1) is 7.28. The van der Waals surface area contributed by atoms with E-state index in [1.165, 1.54) is 12.1 Å². The average Bonchev–Trinajstić information content (AvgIpc) is 2.14. The Kier molecular flexibility index (Phi) is 2.44. The summed E-state index contributed by atoms with van der Waals surface area (Å²) in [4.78, 5) is 0. The first kappa shape index (κ1) is 11.4. The van der Waals surface area contributed by atoms with Gasteiger partial charge >= 0.3 is 6.98 Å². The molecule has 5 heteroatoms. The fraction of sp³-hybridized carbons (Fsp3) is 0.455. The summed E-state index contributed by atoms with van der Waals surface area (Å²) in [6, 6.07) is 3.74. The van der Waals surface area contributed by atoms with Gasteiger partial charge in [-0.2, -0.15) is 0 Å². The van der Waals surface area contributed by atoms with Gasteiger partial charge in [0.05, 0.1) is 0 Å². The molecule has 0 atom stereocenters. The second-order valence-electron chi connectivity index (χ2n) is 4.80. The Bertz CT molecular complexity index is 412. The summed E-state index contributed by atoms with van der Waals surface area (Å²) in [5.74, 6) is 0.583. The maximum Gasteiger partial charge on any atom is 0.509 e. The molecule has 1 heterocycles. The summed E-state index contributed by atoms with van der Waals surface area (Å²) in [5.41, 5.74) is -0.157. The molecule has 1 aliphatic heterocycles. The third-order valence-corrected chi connectivity index (χ3v) is 2.85. The number of rotatable bonds is 1. The maximum absolute atomic E-state index is 12.5. The van der Waals surface area contributed by atoms with Gasteiger partial charge in [0.15, 0.2) is 0 Å². The SMILES string of the molecule is CC1(C)CCc2cc([B-](F)(F)F)ccc2O1. The van der Waals surface area contributed by atoms with Crippen LogP contribution in [0.25, 0.3) is 0 Å². The fourth-order valence-electron chi connectivity index (χ4n) is 1.88. The molecule has 0 aromatic heterocycles. The standard InChI is InChI=1S/C11H13BF3O/c1-11(2)6-5-8-7-9(12(13,14)15)3-4-10(8)16-11/h3-4,7H,5-6H2,1-2H3/q-1. The van der Waals surface area contributed by atoms with Crippen LogP contribution in [0, 0.1) is 0 Å². The van der Waals surface area contributed by atoms with E-state index in [1.54, 1.807) is 0 Å². The Morgan fingerprint density at radius 2 is 1.94 bits per heavy atom. The molecule has 0 saturated carbocycles. The van der Waals surface area contributed by atoms with Crippen molar-refractivity contribution in [1.82, 2.24) is 0 Å². The van der Waals surface area contributed by atoms with Crippen molar-refractivity contribution in [1.29, 1.82) is 0 Å². The van der Waals surface area contributed by atoms with Crippen molar-refractivity contribution in [2.75, 3.05) is 0 Å². The molecule has 88 valence electrons. The Hall–Kier alpha value is -1.13. The van der Waals surface area contributed by atoms with Crippen molar-refractivity contribution in [3.8, 4) is 5.75 Å². The van der Waals surface area contributed by atoms with E-state index in [0.29, 0.717) is 17.7 Å². The van der Waals surface area contributed by atoms with Crippen LogP contribution in [-0.2, 0) is 6.42 Å². The summed E-state index contributed by atoms with van der Waals surface area (Å²) in [6.07, 6.45) is 1.39. The smallest absolute Gasteiger partial charge is 0.488 e. The van der Waals surface area contributed by atoms with Crippen molar-refractivity contribution in [3.05, 3.63) is 23.8 Å². The van der Waals surface area contributed by atoms with E-state index >= 15 is 0 Å². The highest BCUT2D eigenvalue weighted by Crippen LogP contribution is 2.32. The summed E-state index contributed by atoms with van der Waals surface area (Å²) < 4.78 is 43.2. The molecular formula is C11H13BF3O-. The minimum absolute atomic E-state index is 0.280. The molecule has 0 radical (unpaired) electrons. The van der Waals surface area contributed by atoms with Gasteiger partial charge in [-0.15, -0.1) is 5.46 Å². The van der Waals surface area contributed by atoms with Crippen molar-refractivity contribution >= 4 is 12.4 Å². The molecule has 0 unspecified atom stereocenters. The Morgan fingerprint density at radius 3 is 2.56 bits per heavy atom. The normalized spacial score (nSPS) is 18.8. The van der Waals surface area contributed by atoms with Gasteiger partial charge < -0.3 is 17.7 Å². The number of aryl methyl sites for hydroxylation is 1. The van der Waals surface area contributed by atoms with Crippen LogP contribution in [0.3, 0.4) is 0 Å². The third-order valence-electron chi connectivity index (χ3n) is 2.85. The Balaban J connectivity index is 2.36. The van der Waals surface area contributed by atoms with Crippen LogP contribution in [0.15, 0.2) is 18.2 Å². The quantitative estimate of drug-likeness (QED) is 0.672. The summed E-state index contributed by atoms with van der Waals surface area (Å²) in [6.45, 7) is -1.03. The predicted molar refractivity (Wildman–Crippen MR) is 58.2 cm³/mol. The van der Waals surface area contributed by atoms with Gasteiger partial charge in [-0.3, -0.25) is 0 Å². The van der Waals surface area contributed by atoms with Crippen LogP contribution in [0.2, 0.25) is 0 Å². The molecule has 0 bridgehead atoms.